The molecule has 1 aromatic rings. The van der Waals surface area contributed by atoms with Crippen LogP contribution < -0.4 is 5.32 Å². The summed E-state index contributed by atoms with van der Waals surface area (Å²) in [5.41, 5.74) is 0. The summed E-state index contributed by atoms with van der Waals surface area (Å²) in [6, 6.07) is 0.455. The van der Waals surface area contributed by atoms with Gasteiger partial charge in [0.15, 0.2) is 0 Å². The molecule has 3 aliphatic carbocycles. The molecule has 4 nitrogen and oxygen atoms in total. The van der Waals surface area contributed by atoms with Gasteiger partial charge in [-0.05, 0) is 42.9 Å². The second-order valence-corrected chi connectivity index (χ2v) is 6.58. The summed E-state index contributed by atoms with van der Waals surface area (Å²) in [6.07, 6.45) is 4.36. The number of fused-ring (bicyclic) bond motifs is 5. The number of hydrogen-bond donors (Lipinski definition) is 1. The van der Waals surface area contributed by atoms with Crippen LogP contribution in [0.15, 0.2) is 4.42 Å². The van der Waals surface area contributed by atoms with Gasteiger partial charge in [0.25, 0.3) is 0 Å². The fourth-order valence-electron chi connectivity index (χ4n) is 4.42. The van der Waals surface area contributed by atoms with Crippen molar-refractivity contribution in [2.24, 2.45) is 23.7 Å². The Hall–Kier alpha value is -0.900. The van der Waals surface area contributed by atoms with E-state index >= 15 is 0 Å². The summed E-state index contributed by atoms with van der Waals surface area (Å²) in [5, 5.41) is 11.8. The maximum atomic E-state index is 5.83. The number of nitrogens with zero attached hydrogens (tertiary/aromatic N) is 2. The Balaban J connectivity index is 1.44. The van der Waals surface area contributed by atoms with Crippen LogP contribution in [-0.4, -0.2) is 16.2 Å². The number of rotatable bonds is 4. The molecule has 4 atom stereocenters. The normalized spacial score (nSPS) is 40.5. The van der Waals surface area contributed by atoms with Crippen LogP contribution in [0.4, 0.5) is 0 Å². The molecule has 0 amide bonds. The van der Waals surface area contributed by atoms with E-state index in [2.05, 4.69) is 29.4 Å². The third-order valence-corrected chi connectivity index (χ3v) is 5.16. The van der Waals surface area contributed by atoms with Gasteiger partial charge in [-0.2, -0.15) is 0 Å². The molecular weight excluding hydrogens is 226 g/mol. The highest BCUT2D eigenvalue weighted by Gasteiger charge is 2.67. The van der Waals surface area contributed by atoms with Crippen LogP contribution in [0.1, 0.15) is 50.8 Å². The van der Waals surface area contributed by atoms with E-state index < -0.39 is 0 Å². The Labute approximate surface area is 108 Å². The second kappa shape index (κ2) is 3.80. The van der Waals surface area contributed by atoms with Crippen LogP contribution >= 0.6 is 0 Å². The predicted molar refractivity (Wildman–Crippen MR) is 66.8 cm³/mol. The maximum Gasteiger partial charge on any atom is 0.230 e. The van der Waals surface area contributed by atoms with Crippen molar-refractivity contribution in [3.05, 3.63) is 11.8 Å². The lowest BCUT2D eigenvalue weighted by Gasteiger charge is -2.05. The lowest BCUT2D eigenvalue weighted by atomic mass is 10.0. The molecule has 4 unspecified atom stereocenters. The molecule has 98 valence electrons. The van der Waals surface area contributed by atoms with E-state index in [0.29, 0.717) is 18.5 Å². The Kier molecular flexibility index (Phi) is 2.31. The third kappa shape index (κ3) is 1.54. The summed E-state index contributed by atoms with van der Waals surface area (Å²) < 4.78 is 5.83. The van der Waals surface area contributed by atoms with Gasteiger partial charge < -0.3 is 9.73 Å². The fourth-order valence-corrected chi connectivity index (χ4v) is 4.42. The second-order valence-electron chi connectivity index (χ2n) is 6.58. The molecule has 3 aliphatic rings. The summed E-state index contributed by atoms with van der Waals surface area (Å²) in [4.78, 5) is 0. The molecule has 18 heavy (non-hydrogen) atoms. The Morgan fingerprint density at radius 3 is 2.61 bits per heavy atom. The summed E-state index contributed by atoms with van der Waals surface area (Å²) in [6.45, 7) is 4.94. The zero-order valence-electron chi connectivity index (χ0n) is 11.1. The van der Waals surface area contributed by atoms with Gasteiger partial charge in [0.1, 0.15) is 0 Å². The summed E-state index contributed by atoms with van der Waals surface area (Å²) in [7, 11) is 0. The highest BCUT2D eigenvalue weighted by atomic mass is 16.4. The molecule has 3 fully saturated rings. The van der Waals surface area contributed by atoms with Crippen LogP contribution in [-0.2, 0) is 6.54 Å². The van der Waals surface area contributed by atoms with E-state index in [4.69, 9.17) is 4.42 Å². The van der Waals surface area contributed by atoms with Crippen molar-refractivity contribution in [1.82, 2.24) is 15.5 Å². The average molecular weight is 247 g/mol. The molecule has 1 N–H and O–H groups in total. The van der Waals surface area contributed by atoms with Crippen molar-refractivity contribution < 1.29 is 4.42 Å². The predicted octanol–water partition coefficient (Wildman–Crippen LogP) is 2.33. The molecule has 0 radical (unpaired) electrons. The Morgan fingerprint density at radius 2 is 1.94 bits per heavy atom. The highest BCUT2D eigenvalue weighted by Crippen LogP contribution is 2.72. The standard InChI is InChI=1S/C14H21N3O/c1-7(2)15-6-10-16-17-14(18-10)13-11-8-3-4-9(5-8)12(11)13/h7-9,11-13,15H,3-6H2,1-2H3. The minimum Gasteiger partial charge on any atom is -0.424 e. The first-order chi connectivity index (χ1) is 8.74. The van der Waals surface area contributed by atoms with Crippen molar-refractivity contribution in [3.63, 3.8) is 0 Å². The van der Waals surface area contributed by atoms with Gasteiger partial charge in [-0.25, -0.2) is 0 Å². The van der Waals surface area contributed by atoms with Crippen LogP contribution in [0.5, 0.6) is 0 Å². The fraction of sp³-hybridized carbons (Fsp3) is 0.857. The molecule has 1 heterocycles. The van der Waals surface area contributed by atoms with Gasteiger partial charge in [0.2, 0.25) is 11.8 Å². The van der Waals surface area contributed by atoms with Gasteiger partial charge in [-0.15, -0.1) is 10.2 Å². The molecule has 2 bridgehead atoms. The van der Waals surface area contributed by atoms with Crippen LogP contribution in [0.25, 0.3) is 0 Å². The number of hydrogen-bond acceptors (Lipinski definition) is 4. The minimum atomic E-state index is 0.455. The molecular formula is C14H21N3O. The van der Waals surface area contributed by atoms with Gasteiger partial charge in [0, 0.05) is 12.0 Å². The van der Waals surface area contributed by atoms with Crippen molar-refractivity contribution in [1.29, 1.82) is 0 Å². The molecule has 0 aliphatic heterocycles. The molecule has 0 aromatic carbocycles. The first kappa shape index (κ1) is 11.0. The SMILES string of the molecule is CC(C)NCc1nnc(C2C3C4CCC(C4)C23)o1. The third-order valence-electron chi connectivity index (χ3n) is 5.16. The summed E-state index contributed by atoms with van der Waals surface area (Å²) >= 11 is 0. The molecule has 4 heteroatoms. The monoisotopic (exact) mass is 247 g/mol. The minimum absolute atomic E-state index is 0.455. The van der Waals surface area contributed by atoms with E-state index in [0.717, 1.165) is 35.5 Å². The lowest BCUT2D eigenvalue weighted by molar-refractivity contribution is 0.395. The molecule has 0 saturated heterocycles. The first-order valence-electron chi connectivity index (χ1n) is 7.29. The van der Waals surface area contributed by atoms with Crippen LogP contribution in [0.3, 0.4) is 0 Å². The molecule has 1 aromatic heterocycles. The van der Waals surface area contributed by atoms with Gasteiger partial charge in [-0.3, -0.25) is 0 Å². The van der Waals surface area contributed by atoms with Crippen LogP contribution in [0.2, 0.25) is 0 Å². The van der Waals surface area contributed by atoms with Crippen molar-refractivity contribution in [2.75, 3.05) is 0 Å². The average Bonchev–Trinajstić information content (AvgIpc) is 2.77. The lowest BCUT2D eigenvalue weighted by Crippen LogP contribution is -2.21. The highest BCUT2D eigenvalue weighted by molar-refractivity contribution is 5.22. The number of aromatic nitrogens is 2. The molecule has 0 spiro atoms. The Bertz CT molecular complexity index is 440. The van der Waals surface area contributed by atoms with Crippen molar-refractivity contribution >= 4 is 0 Å². The quantitative estimate of drug-likeness (QED) is 0.887. The number of nitrogens with one attached hydrogen (secondary N) is 1. The van der Waals surface area contributed by atoms with Gasteiger partial charge >= 0.3 is 0 Å². The van der Waals surface area contributed by atoms with Crippen molar-refractivity contribution in [3.8, 4) is 0 Å². The zero-order valence-corrected chi connectivity index (χ0v) is 11.1. The topological polar surface area (TPSA) is 51.0 Å². The zero-order chi connectivity index (χ0) is 12.3. The summed E-state index contributed by atoms with van der Waals surface area (Å²) in [5.74, 6) is 5.98. The van der Waals surface area contributed by atoms with E-state index in [1.807, 2.05) is 0 Å². The molecule has 3 saturated carbocycles. The maximum absolute atomic E-state index is 5.83. The largest absolute Gasteiger partial charge is 0.424 e. The van der Waals surface area contributed by atoms with E-state index in [1.54, 1.807) is 0 Å². The van der Waals surface area contributed by atoms with Crippen molar-refractivity contribution in [2.45, 2.75) is 51.6 Å². The van der Waals surface area contributed by atoms with E-state index in [1.165, 1.54) is 19.3 Å². The smallest absolute Gasteiger partial charge is 0.230 e. The van der Waals surface area contributed by atoms with Gasteiger partial charge in [0.05, 0.1) is 6.54 Å². The van der Waals surface area contributed by atoms with Gasteiger partial charge in [-0.1, -0.05) is 13.8 Å². The van der Waals surface area contributed by atoms with E-state index in [9.17, 15) is 0 Å². The van der Waals surface area contributed by atoms with Crippen LogP contribution in [0, 0.1) is 23.7 Å². The van der Waals surface area contributed by atoms with E-state index in [-0.39, 0.29) is 0 Å². The Morgan fingerprint density at radius 1 is 1.22 bits per heavy atom. The first-order valence-corrected chi connectivity index (χ1v) is 7.29. The molecule has 4 rings (SSSR count).